The van der Waals surface area contributed by atoms with E-state index in [1.165, 1.54) is 6.07 Å². The van der Waals surface area contributed by atoms with Crippen molar-refractivity contribution in [3.63, 3.8) is 0 Å². The number of amides is 1. The summed E-state index contributed by atoms with van der Waals surface area (Å²) in [6.45, 7) is 3.02. The molecule has 4 aliphatic rings. The van der Waals surface area contributed by atoms with Crippen LogP contribution >= 0.6 is 0 Å². The van der Waals surface area contributed by atoms with Crippen molar-refractivity contribution in [1.29, 1.82) is 0 Å². The molecule has 0 spiro atoms. The van der Waals surface area contributed by atoms with Gasteiger partial charge in [0.2, 0.25) is 0 Å². The summed E-state index contributed by atoms with van der Waals surface area (Å²) in [5.74, 6) is -0.475. The zero-order valence-electron chi connectivity index (χ0n) is 16.2. The van der Waals surface area contributed by atoms with Crippen molar-refractivity contribution in [3.05, 3.63) is 59.2 Å². The standard InChI is InChI=1S/C23H24F2N2O2/c24-17-4-5-20(25)18(12-17)16-2-1-14-3-6-21(19(14)11-16)26-23(28)29-22-13-27-9-7-15(22)8-10-27/h1-2,4-5,11-12,15,21-22H,3,6-10,13H2,(H,26,28)/t21?,22-/m0/s1. The third kappa shape index (κ3) is 3.62. The third-order valence-electron chi connectivity index (χ3n) is 6.61. The molecule has 3 fully saturated rings. The molecule has 1 aliphatic carbocycles. The van der Waals surface area contributed by atoms with Gasteiger partial charge in [-0.3, -0.25) is 4.90 Å². The maximum absolute atomic E-state index is 14.2. The highest BCUT2D eigenvalue weighted by atomic mass is 19.1. The number of ether oxygens (including phenoxy) is 1. The van der Waals surface area contributed by atoms with E-state index in [-0.39, 0.29) is 23.8 Å². The predicted octanol–water partition coefficient (Wildman–Crippen LogP) is 4.44. The van der Waals surface area contributed by atoms with Crippen molar-refractivity contribution in [2.24, 2.45) is 5.92 Å². The largest absolute Gasteiger partial charge is 0.445 e. The fourth-order valence-corrected chi connectivity index (χ4v) is 5.00. The number of fused-ring (bicyclic) bond motifs is 4. The molecule has 3 heterocycles. The van der Waals surface area contributed by atoms with Crippen LogP contribution in [0.4, 0.5) is 13.6 Å². The summed E-state index contributed by atoms with van der Waals surface area (Å²) in [5, 5.41) is 3.00. The molecule has 1 N–H and O–H groups in total. The molecular weight excluding hydrogens is 374 g/mol. The van der Waals surface area contributed by atoms with E-state index in [9.17, 15) is 13.6 Å². The molecule has 0 aromatic heterocycles. The predicted molar refractivity (Wildman–Crippen MR) is 105 cm³/mol. The van der Waals surface area contributed by atoms with Crippen LogP contribution in [0.25, 0.3) is 11.1 Å². The number of nitrogens with zero attached hydrogens (tertiary/aromatic N) is 1. The monoisotopic (exact) mass is 398 g/mol. The Labute approximate surface area is 168 Å². The van der Waals surface area contributed by atoms with Gasteiger partial charge in [-0.2, -0.15) is 0 Å². The van der Waals surface area contributed by atoms with Crippen molar-refractivity contribution >= 4 is 6.09 Å². The van der Waals surface area contributed by atoms with Crippen molar-refractivity contribution in [2.75, 3.05) is 19.6 Å². The van der Waals surface area contributed by atoms with E-state index in [4.69, 9.17) is 4.74 Å². The molecule has 29 heavy (non-hydrogen) atoms. The molecule has 3 saturated heterocycles. The maximum Gasteiger partial charge on any atom is 0.407 e. The minimum absolute atomic E-state index is 0.0360. The Morgan fingerprint density at radius 3 is 2.66 bits per heavy atom. The van der Waals surface area contributed by atoms with Crippen LogP contribution in [0.3, 0.4) is 0 Å². The van der Waals surface area contributed by atoms with Crippen LogP contribution < -0.4 is 5.32 Å². The molecule has 6 rings (SSSR count). The van der Waals surface area contributed by atoms with E-state index in [1.807, 2.05) is 18.2 Å². The van der Waals surface area contributed by atoms with Crippen molar-refractivity contribution in [1.82, 2.24) is 10.2 Å². The summed E-state index contributed by atoms with van der Waals surface area (Å²) >= 11 is 0. The summed E-state index contributed by atoms with van der Waals surface area (Å²) in [7, 11) is 0. The normalized spacial score (nSPS) is 27.5. The SMILES string of the molecule is O=C(NC1CCc2ccc(-c3cc(F)ccc3F)cc21)O[C@H]1CN2CCC1CC2. The molecule has 1 amide bonds. The lowest BCUT2D eigenvalue weighted by molar-refractivity contribution is -0.0339. The van der Waals surface area contributed by atoms with Gasteiger partial charge in [0.1, 0.15) is 17.7 Å². The van der Waals surface area contributed by atoms with Gasteiger partial charge in [-0.05, 0) is 85.6 Å². The molecule has 0 radical (unpaired) electrons. The number of alkyl carbamates (subject to hydrolysis) is 1. The second-order valence-corrected chi connectivity index (χ2v) is 8.36. The highest BCUT2D eigenvalue weighted by Gasteiger charge is 2.37. The summed E-state index contributed by atoms with van der Waals surface area (Å²) in [6, 6.07) is 8.89. The topological polar surface area (TPSA) is 41.6 Å². The molecule has 4 nitrogen and oxygen atoms in total. The van der Waals surface area contributed by atoms with E-state index in [0.717, 1.165) is 68.6 Å². The number of aryl methyl sites for hydroxylation is 1. The number of benzene rings is 2. The van der Waals surface area contributed by atoms with Crippen molar-refractivity contribution in [2.45, 2.75) is 37.8 Å². The second kappa shape index (κ2) is 7.41. The number of nitrogens with one attached hydrogen (secondary N) is 1. The van der Waals surface area contributed by atoms with Gasteiger partial charge in [0.25, 0.3) is 0 Å². The molecule has 2 atom stereocenters. The highest BCUT2D eigenvalue weighted by molar-refractivity contribution is 5.70. The van der Waals surface area contributed by atoms with E-state index >= 15 is 0 Å². The second-order valence-electron chi connectivity index (χ2n) is 8.36. The molecule has 6 heteroatoms. The minimum atomic E-state index is -0.474. The Balaban J connectivity index is 1.31. The average Bonchev–Trinajstić information content (AvgIpc) is 3.12. The van der Waals surface area contributed by atoms with Crippen LogP contribution in [-0.2, 0) is 11.2 Å². The summed E-state index contributed by atoms with van der Waals surface area (Å²) in [6.07, 6.45) is 3.38. The molecule has 1 unspecified atom stereocenters. The van der Waals surface area contributed by atoms with Gasteiger partial charge in [0.05, 0.1) is 6.04 Å². The van der Waals surface area contributed by atoms with E-state index in [0.29, 0.717) is 11.5 Å². The molecule has 2 aromatic rings. The Hall–Kier alpha value is -2.47. The molecular formula is C23H24F2N2O2. The first-order valence-corrected chi connectivity index (χ1v) is 10.3. The van der Waals surface area contributed by atoms with Gasteiger partial charge in [0, 0.05) is 12.1 Å². The maximum atomic E-state index is 14.2. The van der Waals surface area contributed by atoms with Crippen molar-refractivity contribution in [3.8, 4) is 11.1 Å². The summed E-state index contributed by atoms with van der Waals surface area (Å²) < 4.78 is 33.5. The van der Waals surface area contributed by atoms with Crippen LogP contribution in [0.2, 0.25) is 0 Å². The van der Waals surface area contributed by atoms with Gasteiger partial charge in [-0.1, -0.05) is 12.1 Å². The lowest BCUT2D eigenvalue weighted by atomic mass is 9.86. The van der Waals surface area contributed by atoms with Crippen LogP contribution in [0.15, 0.2) is 36.4 Å². The first kappa shape index (κ1) is 18.6. The van der Waals surface area contributed by atoms with Crippen LogP contribution in [0.5, 0.6) is 0 Å². The first-order valence-electron chi connectivity index (χ1n) is 10.3. The van der Waals surface area contributed by atoms with Gasteiger partial charge in [-0.25, -0.2) is 13.6 Å². The lowest BCUT2D eigenvalue weighted by Crippen LogP contribution is -2.52. The Morgan fingerprint density at radius 2 is 1.90 bits per heavy atom. The number of carbonyl (C=O) groups is 1. The molecule has 2 bridgehead atoms. The molecule has 3 aliphatic heterocycles. The van der Waals surface area contributed by atoms with Crippen molar-refractivity contribution < 1.29 is 18.3 Å². The summed E-state index contributed by atoms with van der Waals surface area (Å²) in [4.78, 5) is 14.9. The third-order valence-corrected chi connectivity index (χ3v) is 6.61. The quantitative estimate of drug-likeness (QED) is 0.831. The minimum Gasteiger partial charge on any atom is -0.445 e. The Morgan fingerprint density at radius 1 is 1.07 bits per heavy atom. The zero-order chi connectivity index (χ0) is 20.0. The number of rotatable bonds is 3. The van der Waals surface area contributed by atoms with Gasteiger partial charge in [-0.15, -0.1) is 0 Å². The first-order chi connectivity index (χ1) is 14.1. The van der Waals surface area contributed by atoms with E-state index in [2.05, 4.69) is 10.2 Å². The fraction of sp³-hybridized carbons (Fsp3) is 0.435. The van der Waals surface area contributed by atoms with Crippen LogP contribution in [0, 0.1) is 17.6 Å². The number of hydrogen-bond acceptors (Lipinski definition) is 3. The van der Waals surface area contributed by atoms with Gasteiger partial charge in [0.15, 0.2) is 0 Å². The van der Waals surface area contributed by atoms with Gasteiger partial charge >= 0.3 is 6.09 Å². The molecule has 152 valence electrons. The number of halogens is 2. The molecule has 2 aromatic carbocycles. The van der Waals surface area contributed by atoms with Crippen LogP contribution in [0.1, 0.15) is 36.4 Å². The average molecular weight is 398 g/mol. The van der Waals surface area contributed by atoms with E-state index < -0.39 is 11.6 Å². The summed E-state index contributed by atoms with van der Waals surface area (Å²) in [5.41, 5.74) is 2.92. The zero-order valence-corrected chi connectivity index (χ0v) is 16.2. The fourth-order valence-electron chi connectivity index (χ4n) is 5.00. The van der Waals surface area contributed by atoms with Crippen LogP contribution in [-0.4, -0.2) is 36.7 Å². The smallest absolute Gasteiger partial charge is 0.407 e. The lowest BCUT2D eigenvalue weighted by Gasteiger charge is -2.43. The number of carbonyl (C=O) groups excluding carboxylic acids is 1. The highest BCUT2D eigenvalue weighted by Crippen LogP contribution is 2.36. The molecule has 0 saturated carbocycles. The van der Waals surface area contributed by atoms with Gasteiger partial charge < -0.3 is 10.1 Å². The number of hydrogen-bond donors (Lipinski definition) is 1. The Kier molecular flexibility index (Phi) is 4.74. The van der Waals surface area contributed by atoms with E-state index in [1.54, 1.807) is 0 Å². The Bertz CT molecular complexity index is 940. The number of piperidine rings is 3.